The van der Waals surface area contributed by atoms with E-state index >= 15 is 0 Å². The van der Waals surface area contributed by atoms with E-state index in [0.717, 1.165) is 18.6 Å². The minimum absolute atomic E-state index is 0. The number of hydrogen-bond acceptors (Lipinski definition) is 1. The van der Waals surface area contributed by atoms with Crippen LogP contribution in [0.1, 0.15) is 67.6 Å². The molecule has 2 aromatic rings. The summed E-state index contributed by atoms with van der Waals surface area (Å²) in [5.74, 6) is 1.25. The van der Waals surface area contributed by atoms with Crippen LogP contribution < -0.4 is 4.74 Å². The Morgan fingerprint density at radius 2 is 1.62 bits per heavy atom. The zero-order valence-electron chi connectivity index (χ0n) is 17.3. The molecule has 1 aliphatic rings. The minimum Gasteiger partial charge on any atom is -0.525 e. The van der Waals surface area contributed by atoms with Crippen LogP contribution in [0, 0.1) is 6.92 Å². The molecule has 0 amide bonds. The van der Waals surface area contributed by atoms with Gasteiger partial charge in [0, 0.05) is 55.3 Å². The monoisotopic (exact) mass is 506 g/mol. The van der Waals surface area contributed by atoms with Crippen molar-refractivity contribution in [1.82, 2.24) is 0 Å². The number of unbranched alkanes of at least 4 members (excludes halogenated alkanes) is 3. The average Bonchev–Trinajstić information content (AvgIpc) is 3.00. The summed E-state index contributed by atoms with van der Waals surface area (Å²) in [7, 11) is 0. The fourth-order valence-electron chi connectivity index (χ4n) is 4.38. The predicted molar refractivity (Wildman–Crippen MR) is 121 cm³/mol. The average molecular weight is 507 g/mol. The molecular formula is C25H31Cl2OY-. The molecule has 3 rings (SSSR count). The maximum Gasteiger partial charge on any atom is 0.115 e. The molecular weight excluding hydrogens is 476 g/mol. The molecule has 2 aromatic carbocycles. The molecule has 29 heavy (non-hydrogen) atoms. The van der Waals surface area contributed by atoms with Gasteiger partial charge in [-0.25, -0.2) is 0 Å². The van der Waals surface area contributed by atoms with Gasteiger partial charge in [0.1, 0.15) is 5.75 Å². The van der Waals surface area contributed by atoms with Gasteiger partial charge >= 0.3 is 0 Å². The maximum atomic E-state index is 6.79. The smallest absolute Gasteiger partial charge is 0.115 e. The van der Waals surface area contributed by atoms with Crippen LogP contribution >= 0.6 is 23.2 Å². The molecule has 1 saturated carbocycles. The molecule has 1 nitrogen and oxygen atoms in total. The Kier molecular flexibility index (Phi) is 11.0. The van der Waals surface area contributed by atoms with Gasteiger partial charge < -0.3 is 11.7 Å². The van der Waals surface area contributed by atoms with Gasteiger partial charge in [0.15, 0.2) is 0 Å². The molecule has 1 aliphatic carbocycles. The Morgan fingerprint density at radius 1 is 0.931 bits per heavy atom. The van der Waals surface area contributed by atoms with E-state index in [1.165, 1.54) is 42.4 Å². The second-order valence-corrected chi connectivity index (χ2v) is 8.91. The van der Waals surface area contributed by atoms with Crippen LogP contribution in [0.15, 0.2) is 48.5 Å². The standard InChI is InChI=1S/C25H31Cl2O.Y/c1-3-5-6-7-9-18-12-14-19(15-13-18)24-22(26)17-23(27)25(24)20-10-8-11-21(16-20)28-4-2;/h8,10-16,22-25H,2-7,9,17H2,1H3;/q-1;. The van der Waals surface area contributed by atoms with Crippen molar-refractivity contribution in [3.63, 3.8) is 0 Å². The van der Waals surface area contributed by atoms with E-state index < -0.39 is 0 Å². The van der Waals surface area contributed by atoms with Crippen LogP contribution in [0.4, 0.5) is 0 Å². The molecule has 0 N–H and O–H groups in total. The zero-order valence-corrected chi connectivity index (χ0v) is 21.7. The van der Waals surface area contributed by atoms with Gasteiger partial charge in [-0.3, -0.25) is 0 Å². The van der Waals surface area contributed by atoms with Crippen molar-refractivity contribution in [2.75, 3.05) is 6.61 Å². The number of halogens is 2. The van der Waals surface area contributed by atoms with Crippen LogP contribution in [-0.4, -0.2) is 17.4 Å². The predicted octanol–water partition coefficient (Wildman–Crippen LogP) is 7.51. The van der Waals surface area contributed by atoms with Gasteiger partial charge in [0.05, 0.1) is 0 Å². The Bertz CT molecular complexity index is 734. The van der Waals surface area contributed by atoms with Crippen molar-refractivity contribution in [3.8, 4) is 5.75 Å². The van der Waals surface area contributed by atoms with Crippen molar-refractivity contribution in [2.45, 2.75) is 68.0 Å². The van der Waals surface area contributed by atoms with Crippen molar-refractivity contribution in [1.29, 1.82) is 0 Å². The van der Waals surface area contributed by atoms with Crippen LogP contribution in [0.2, 0.25) is 0 Å². The zero-order chi connectivity index (χ0) is 19.9. The molecule has 0 bridgehead atoms. The SMILES string of the molecule is [CH2-]COc1cccc(C2C(Cl)CC(Cl)C2c2ccc(CCCCCC)cc2)c1.[Y]. The summed E-state index contributed by atoms with van der Waals surface area (Å²) in [5, 5.41) is 0.0662. The van der Waals surface area contributed by atoms with E-state index in [4.69, 9.17) is 27.9 Å². The molecule has 4 atom stereocenters. The Balaban J connectivity index is 0.00000300. The number of alkyl halides is 2. The first-order valence-electron chi connectivity index (χ1n) is 10.5. The Hall–Kier alpha value is -0.0761. The summed E-state index contributed by atoms with van der Waals surface area (Å²) in [6.07, 6.45) is 7.15. The molecule has 0 aromatic heterocycles. The first-order chi connectivity index (χ1) is 13.6. The third kappa shape index (κ3) is 6.70. The number of benzene rings is 2. The third-order valence-corrected chi connectivity index (χ3v) is 6.71. The number of ether oxygens (including phenoxy) is 1. The molecule has 1 radical (unpaired) electrons. The summed E-state index contributed by atoms with van der Waals surface area (Å²) < 4.78 is 5.59. The van der Waals surface area contributed by atoms with Gasteiger partial charge in [-0.05, 0) is 54.7 Å². The molecule has 155 valence electrons. The molecule has 0 spiro atoms. The summed E-state index contributed by atoms with van der Waals surface area (Å²) >= 11 is 13.6. The van der Waals surface area contributed by atoms with E-state index in [0.29, 0.717) is 6.61 Å². The topological polar surface area (TPSA) is 9.23 Å². The van der Waals surface area contributed by atoms with Crippen molar-refractivity contribution < 1.29 is 37.4 Å². The van der Waals surface area contributed by atoms with Gasteiger partial charge in [-0.2, -0.15) is 0 Å². The first-order valence-corrected chi connectivity index (χ1v) is 11.4. The summed E-state index contributed by atoms with van der Waals surface area (Å²) in [6.45, 7) is 6.43. The van der Waals surface area contributed by atoms with Crippen molar-refractivity contribution in [3.05, 3.63) is 72.1 Å². The second kappa shape index (κ2) is 12.7. The Labute approximate surface area is 211 Å². The normalized spacial score (nSPS) is 23.6. The Morgan fingerprint density at radius 3 is 2.28 bits per heavy atom. The van der Waals surface area contributed by atoms with E-state index in [-0.39, 0.29) is 55.3 Å². The third-order valence-electron chi connectivity index (χ3n) is 5.81. The van der Waals surface area contributed by atoms with E-state index in [2.05, 4.69) is 50.2 Å². The summed E-state index contributed by atoms with van der Waals surface area (Å²) in [6, 6.07) is 17.3. The number of hydrogen-bond donors (Lipinski definition) is 0. The molecule has 0 heterocycles. The second-order valence-electron chi connectivity index (χ2n) is 7.79. The molecule has 1 fully saturated rings. The van der Waals surface area contributed by atoms with E-state index in [1.807, 2.05) is 12.1 Å². The van der Waals surface area contributed by atoms with Gasteiger partial charge in [0.25, 0.3) is 0 Å². The van der Waals surface area contributed by atoms with Crippen LogP contribution in [-0.2, 0) is 39.1 Å². The van der Waals surface area contributed by atoms with E-state index in [1.54, 1.807) is 0 Å². The first kappa shape index (κ1) is 25.2. The summed E-state index contributed by atoms with van der Waals surface area (Å²) in [5.41, 5.74) is 3.89. The largest absolute Gasteiger partial charge is 0.525 e. The van der Waals surface area contributed by atoms with E-state index in [9.17, 15) is 0 Å². The molecule has 0 aliphatic heterocycles. The minimum atomic E-state index is 0. The van der Waals surface area contributed by atoms with Gasteiger partial charge in [-0.15, -0.1) is 23.2 Å². The fourth-order valence-corrected chi connectivity index (χ4v) is 5.46. The van der Waals surface area contributed by atoms with Crippen molar-refractivity contribution >= 4 is 23.2 Å². The number of rotatable bonds is 9. The van der Waals surface area contributed by atoms with Crippen LogP contribution in [0.5, 0.6) is 5.75 Å². The van der Waals surface area contributed by atoms with Gasteiger partial charge in [0.2, 0.25) is 0 Å². The quantitative estimate of drug-likeness (QED) is 0.194. The molecule has 4 unspecified atom stereocenters. The van der Waals surface area contributed by atoms with Crippen LogP contribution in [0.3, 0.4) is 0 Å². The fraction of sp³-hybridized carbons (Fsp3) is 0.480. The molecule has 0 saturated heterocycles. The number of aryl methyl sites for hydroxylation is 1. The van der Waals surface area contributed by atoms with Gasteiger partial charge in [-0.1, -0.05) is 62.6 Å². The van der Waals surface area contributed by atoms with Crippen molar-refractivity contribution in [2.24, 2.45) is 0 Å². The molecule has 4 heteroatoms. The maximum absolute atomic E-state index is 6.79. The van der Waals surface area contributed by atoms with Crippen LogP contribution in [0.25, 0.3) is 0 Å². The summed E-state index contributed by atoms with van der Waals surface area (Å²) in [4.78, 5) is 0.